The molecule has 0 bridgehead atoms. The molecule has 0 saturated carbocycles. The molecule has 16 nitrogen and oxygen atoms in total. The number of nitrogens with one attached hydrogen (secondary N) is 1. The van der Waals surface area contributed by atoms with Gasteiger partial charge in [-0.3, -0.25) is 34.8 Å². The van der Waals surface area contributed by atoms with E-state index >= 15 is 0 Å². The van der Waals surface area contributed by atoms with Crippen LogP contribution in [0.3, 0.4) is 0 Å². The summed E-state index contributed by atoms with van der Waals surface area (Å²) in [5, 5.41) is 37.8. The van der Waals surface area contributed by atoms with E-state index in [0.717, 1.165) is 89.0 Å². The normalized spacial score (nSPS) is 18.4. The Balaban J connectivity index is 1.17. The Morgan fingerprint density at radius 2 is 1.38 bits per heavy atom. The van der Waals surface area contributed by atoms with Crippen LogP contribution in [-0.4, -0.2) is 88.0 Å². The van der Waals surface area contributed by atoms with E-state index in [2.05, 4.69) is 51.6 Å². The second-order valence-electron chi connectivity index (χ2n) is 14.5. The minimum Gasteiger partial charge on any atom is -0.506 e. The number of benzene rings is 2. The Hall–Kier alpha value is -6.00. The number of nitrogen functional groups attached to an aromatic ring is 2. The molecule has 2 fully saturated rings. The number of piperidine rings is 2. The van der Waals surface area contributed by atoms with Crippen molar-refractivity contribution in [2.24, 2.45) is 0 Å². The number of allylic oxidation sites excluding steroid dienone is 6. The van der Waals surface area contributed by atoms with Gasteiger partial charge in [0.15, 0.2) is 5.75 Å². The molecule has 6 rings (SSSR count). The minimum atomic E-state index is -0.962. The topological polar surface area (TPSA) is 224 Å². The fourth-order valence-corrected chi connectivity index (χ4v) is 7.65. The van der Waals surface area contributed by atoms with Gasteiger partial charge in [-0.25, -0.2) is 4.79 Å². The molecule has 0 spiro atoms. The highest BCUT2D eigenvalue weighted by atomic mass is 16.6. The Morgan fingerprint density at radius 1 is 0.821 bits per heavy atom. The van der Waals surface area contributed by atoms with E-state index in [9.17, 15) is 34.9 Å². The number of hydrogen-bond acceptors (Lipinski definition) is 13. The average molecular weight is 769 g/mol. The lowest BCUT2D eigenvalue weighted by Crippen LogP contribution is -2.47. The molecule has 16 heteroatoms. The van der Waals surface area contributed by atoms with E-state index in [4.69, 9.17) is 16.2 Å². The zero-order valence-electron chi connectivity index (χ0n) is 31.2. The number of nitrogens with zero attached hydrogens (tertiary/aromatic N) is 5. The van der Waals surface area contributed by atoms with Gasteiger partial charge in [-0.15, -0.1) is 0 Å². The number of likely N-dealkylation sites (tertiary alicyclic amines) is 2. The monoisotopic (exact) mass is 768 g/mol. The molecular formula is C40H48N8O8. The molecule has 0 aromatic heterocycles. The second-order valence-corrected chi connectivity index (χ2v) is 14.5. The molecule has 296 valence electrons. The molecule has 6 N–H and O–H groups in total. The van der Waals surface area contributed by atoms with E-state index in [1.54, 1.807) is 0 Å². The first-order valence-electron chi connectivity index (χ1n) is 18.9. The number of esters is 1. The lowest BCUT2D eigenvalue weighted by atomic mass is 9.99. The van der Waals surface area contributed by atoms with Gasteiger partial charge in [-0.05, 0) is 51.4 Å². The predicted molar refractivity (Wildman–Crippen MR) is 214 cm³/mol. The first-order valence-corrected chi connectivity index (χ1v) is 18.9. The van der Waals surface area contributed by atoms with Crippen LogP contribution in [-0.2, 0) is 9.59 Å². The lowest BCUT2D eigenvalue weighted by Gasteiger charge is -2.38. The second kappa shape index (κ2) is 18.1. The Bertz CT molecular complexity index is 1990. The number of phenols is 1. The number of aromatic hydroxyl groups is 1. The van der Waals surface area contributed by atoms with Crippen molar-refractivity contribution in [3.05, 3.63) is 104 Å². The highest BCUT2D eigenvalue weighted by Gasteiger charge is 2.32. The fraction of sp³-hybridized carbons (Fsp3) is 0.400. The van der Waals surface area contributed by atoms with Crippen LogP contribution < -0.4 is 26.4 Å². The maximum Gasteiger partial charge on any atom is 0.336 e. The minimum absolute atomic E-state index is 0.0450. The number of carbonyl (C=O) groups is 2. The van der Waals surface area contributed by atoms with E-state index < -0.39 is 39.2 Å². The zero-order valence-corrected chi connectivity index (χ0v) is 31.2. The van der Waals surface area contributed by atoms with Gasteiger partial charge < -0.3 is 31.5 Å². The van der Waals surface area contributed by atoms with E-state index in [0.29, 0.717) is 25.9 Å². The first kappa shape index (κ1) is 39.7. The summed E-state index contributed by atoms with van der Waals surface area (Å²) in [6, 6.07) is 4.02. The number of anilines is 4. The maximum absolute atomic E-state index is 13.9. The van der Waals surface area contributed by atoms with Gasteiger partial charge in [0.1, 0.15) is 17.1 Å². The third-order valence-corrected chi connectivity index (χ3v) is 10.6. The summed E-state index contributed by atoms with van der Waals surface area (Å²) in [4.78, 5) is 55.4. The number of phenolic OH excluding ortho intramolecular Hbond substituents is 1. The van der Waals surface area contributed by atoms with Crippen LogP contribution in [0.25, 0.3) is 0 Å². The molecule has 2 saturated heterocycles. The van der Waals surface area contributed by atoms with Crippen molar-refractivity contribution < 1.29 is 29.3 Å². The van der Waals surface area contributed by atoms with E-state index in [1.165, 1.54) is 28.2 Å². The predicted octanol–water partition coefficient (Wildman–Crippen LogP) is 5.76. The van der Waals surface area contributed by atoms with Crippen LogP contribution in [0, 0.1) is 20.2 Å². The zero-order chi connectivity index (χ0) is 39.8. The number of carbonyl (C=O) groups excluding carboxylic acids is 2. The van der Waals surface area contributed by atoms with Gasteiger partial charge in [-0.1, -0.05) is 47.6 Å². The van der Waals surface area contributed by atoms with Crippen molar-refractivity contribution in [1.29, 1.82) is 0 Å². The van der Waals surface area contributed by atoms with Gasteiger partial charge in [0.25, 0.3) is 17.3 Å². The summed E-state index contributed by atoms with van der Waals surface area (Å²) in [6.45, 7) is 4.56. The van der Waals surface area contributed by atoms with Crippen molar-refractivity contribution in [2.75, 3.05) is 61.0 Å². The fourth-order valence-electron chi connectivity index (χ4n) is 7.65. The largest absolute Gasteiger partial charge is 0.506 e. The smallest absolute Gasteiger partial charge is 0.336 e. The molecule has 0 radical (unpaired) electrons. The van der Waals surface area contributed by atoms with Gasteiger partial charge in [0, 0.05) is 87.8 Å². The Morgan fingerprint density at radius 3 is 1.93 bits per heavy atom. The molecule has 2 aliphatic heterocycles. The summed E-state index contributed by atoms with van der Waals surface area (Å²) < 4.78 is 5.62. The summed E-state index contributed by atoms with van der Waals surface area (Å²) in [7, 11) is 0. The summed E-state index contributed by atoms with van der Waals surface area (Å²) in [5.74, 6) is -2.15. The van der Waals surface area contributed by atoms with Gasteiger partial charge in [-0.2, -0.15) is 0 Å². The highest BCUT2D eigenvalue weighted by molar-refractivity contribution is 6.06. The number of nitrogens with two attached hydrogens (primary N) is 2. The highest BCUT2D eigenvalue weighted by Crippen LogP contribution is 2.39. The molecule has 0 atom stereocenters. The SMILES string of the molecule is Nc1cc(OC(=O)/C=C/C(=O)N(c2cc([N+](=O)[O-])c(N)cc2O)C2CCN(CC3=CCC=CC3)CC2)c(NC2CCN(CC3=CCC=CC3)CC2)cc1[N+](=O)[O-]. The van der Waals surface area contributed by atoms with Crippen LogP contribution in [0.5, 0.6) is 11.5 Å². The van der Waals surface area contributed by atoms with Gasteiger partial charge in [0.05, 0.1) is 21.2 Å². The third kappa shape index (κ3) is 9.99. The molecule has 2 heterocycles. The summed E-state index contributed by atoms with van der Waals surface area (Å²) in [5.41, 5.74) is 13.3. The molecule has 0 unspecified atom stereocenters. The van der Waals surface area contributed by atoms with Crippen molar-refractivity contribution in [2.45, 2.75) is 63.5 Å². The van der Waals surface area contributed by atoms with Crippen LogP contribution in [0.15, 0.2) is 84.0 Å². The maximum atomic E-state index is 13.9. The summed E-state index contributed by atoms with van der Waals surface area (Å²) >= 11 is 0. The van der Waals surface area contributed by atoms with E-state index in [1.807, 2.05) is 0 Å². The number of ether oxygens (including phenoxy) is 1. The number of hydrogen-bond donors (Lipinski definition) is 4. The molecule has 4 aliphatic rings. The number of rotatable bonds is 13. The molecular weight excluding hydrogens is 720 g/mol. The van der Waals surface area contributed by atoms with Crippen LogP contribution >= 0.6 is 0 Å². The molecule has 56 heavy (non-hydrogen) atoms. The van der Waals surface area contributed by atoms with Gasteiger partial charge in [0.2, 0.25) is 0 Å². The van der Waals surface area contributed by atoms with Gasteiger partial charge >= 0.3 is 5.97 Å². The molecule has 2 aromatic carbocycles. The summed E-state index contributed by atoms with van der Waals surface area (Å²) in [6.07, 6.45) is 21.1. The standard InChI is InChI=1S/C40H48N8O8/c41-31-21-37(49)36(24-35(31)48(54)55)46(30-15-19-45(20-16-30)26-28-9-5-2-6-10-28)39(50)11-12-40(51)56-38-22-32(42)34(47(52)53)23-33(38)43-29-13-17-44(18-14-29)25-27-7-3-1-4-8-27/h1-3,5,8,10-12,21-24,29-30,43,49H,4,6-7,9,13-20,25-26,41-42H2/b12-11+. The van der Waals surface area contributed by atoms with E-state index in [-0.39, 0.29) is 40.2 Å². The molecule has 2 aromatic rings. The third-order valence-electron chi connectivity index (χ3n) is 10.6. The number of nitro benzene ring substituents is 2. The number of amides is 1. The Kier molecular flexibility index (Phi) is 12.8. The lowest BCUT2D eigenvalue weighted by molar-refractivity contribution is -0.384. The van der Waals surface area contributed by atoms with Crippen LogP contribution in [0.1, 0.15) is 51.4 Å². The Labute approximate surface area is 324 Å². The van der Waals surface area contributed by atoms with Crippen molar-refractivity contribution in [1.82, 2.24) is 9.80 Å². The molecule has 1 amide bonds. The number of nitro groups is 2. The van der Waals surface area contributed by atoms with Crippen LogP contribution in [0.4, 0.5) is 34.1 Å². The molecule has 2 aliphatic carbocycles. The van der Waals surface area contributed by atoms with Crippen molar-refractivity contribution >= 4 is 46.0 Å². The van der Waals surface area contributed by atoms with Crippen molar-refractivity contribution in [3.63, 3.8) is 0 Å². The van der Waals surface area contributed by atoms with Crippen LogP contribution in [0.2, 0.25) is 0 Å². The average Bonchev–Trinajstić information content (AvgIpc) is 3.18. The van der Waals surface area contributed by atoms with Crippen molar-refractivity contribution in [3.8, 4) is 11.5 Å². The first-order chi connectivity index (χ1) is 26.9. The quantitative estimate of drug-likeness (QED) is 0.0362.